The molecule has 3 aromatic rings. The van der Waals surface area contributed by atoms with Gasteiger partial charge in [0, 0.05) is 31.7 Å². The summed E-state index contributed by atoms with van der Waals surface area (Å²) < 4.78 is 49.3. The SMILES string of the molecule is Cc1cc(NCC2CN(C3CC3)CCO2)c(F)c(Nc2ncn(-c3cc(F)cc(F)c3)n2)c1. The lowest BCUT2D eigenvalue weighted by atomic mass is 10.1. The molecule has 1 aliphatic heterocycles. The van der Waals surface area contributed by atoms with Crippen LogP contribution in [0.2, 0.25) is 0 Å². The average molecular weight is 458 g/mol. The quantitative estimate of drug-likeness (QED) is 0.558. The van der Waals surface area contributed by atoms with E-state index in [0.29, 0.717) is 24.9 Å². The zero-order valence-corrected chi connectivity index (χ0v) is 18.2. The maximum absolute atomic E-state index is 15.2. The normalized spacial score (nSPS) is 19.0. The Morgan fingerprint density at radius 3 is 2.58 bits per heavy atom. The van der Waals surface area contributed by atoms with Crippen LogP contribution in [0.4, 0.5) is 30.5 Å². The van der Waals surface area contributed by atoms with Crippen molar-refractivity contribution in [3.05, 3.63) is 59.7 Å². The van der Waals surface area contributed by atoms with Gasteiger partial charge in [0.05, 0.1) is 29.8 Å². The number of aromatic nitrogens is 3. The summed E-state index contributed by atoms with van der Waals surface area (Å²) in [6.07, 6.45) is 3.80. The molecule has 10 heteroatoms. The number of nitrogens with zero attached hydrogens (tertiary/aromatic N) is 4. The summed E-state index contributed by atoms with van der Waals surface area (Å²) in [5.41, 5.74) is 1.58. The van der Waals surface area contributed by atoms with Gasteiger partial charge in [0.1, 0.15) is 18.0 Å². The maximum Gasteiger partial charge on any atom is 0.247 e. The molecule has 7 nitrogen and oxygen atoms in total. The number of hydrogen-bond acceptors (Lipinski definition) is 6. The van der Waals surface area contributed by atoms with E-state index in [4.69, 9.17) is 4.74 Å². The molecule has 0 radical (unpaired) electrons. The van der Waals surface area contributed by atoms with Crippen LogP contribution >= 0.6 is 0 Å². The highest BCUT2D eigenvalue weighted by atomic mass is 19.1. The van der Waals surface area contributed by atoms with Crippen molar-refractivity contribution in [1.29, 1.82) is 0 Å². The van der Waals surface area contributed by atoms with Crippen molar-refractivity contribution in [2.45, 2.75) is 31.9 Å². The summed E-state index contributed by atoms with van der Waals surface area (Å²) in [5.74, 6) is -1.82. The first kappa shape index (κ1) is 21.7. The van der Waals surface area contributed by atoms with Gasteiger partial charge in [-0.05, 0) is 49.6 Å². The van der Waals surface area contributed by atoms with Gasteiger partial charge in [0.2, 0.25) is 5.95 Å². The summed E-state index contributed by atoms with van der Waals surface area (Å²) in [6, 6.07) is 7.11. The van der Waals surface area contributed by atoms with Crippen molar-refractivity contribution in [3.63, 3.8) is 0 Å². The smallest absolute Gasteiger partial charge is 0.247 e. The Bertz CT molecular complexity index is 1130. The maximum atomic E-state index is 15.2. The molecule has 1 unspecified atom stereocenters. The molecule has 2 fully saturated rings. The van der Waals surface area contributed by atoms with E-state index >= 15 is 4.39 Å². The molecule has 2 N–H and O–H groups in total. The number of aryl methyl sites for hydroxylation is 1. The third kappa shape index (κ3) is 5.12. The molecule has 1 atom stereocenters. The molecular weight excluding hydrogens is 433 g/mol. The Kier molecular flexibility index (Phi) is 5.94. The van der Waals surface area contributed by atoms with Crippen LogP contribution in [0.1, 0.15) is 18.4 Å². The largest absolute Gasteiger partial charge is 0.380 e. The van der Waals surface area contributed by atoms with E-state index in [1.807, 2.05) is 6.92 Å². The summed E-state index contributed by atoms with van der Waals surface area (Å²) >= 11 is 0. The second-order valence-electron chi connectivity index (χ2n) is 8.54. The van der Waals surface area contributed by atoms with Gasteiger partial charge >= 0.3 is 0 Å². The highest BCUT2D eigenvalue weighted by Gasteiger charge is 2.32. The van der Waals surface area contributed by atoms with E-state index in [-0.39, 0.29) is 23.4 Å². The van der Waals surface area contributed by atoms with Crippen molar-refractivity contribution in [1.82, 2.24) is 19.7 Å². The van der Waals surface area contributed by atoms with Gasteiger partial charge in [0.15, 0.2) is 5.82 Å². The highest BCUT2D eigenvalue weighted by molar-refractivity contribution is 5.64. The molecule has 0 spiro atoms. The molecule has 5 rings (SSSR count). The minimum absolute atomic E-state index is 0.000278. The van der Waals surface area contributed by atoms with Crippen molar-refractivity contribution in [3.8, 4) is 5.69 Å². The molecule has 1 aromatic heterocycles. The Hall–Kier alpha value is -3.11. The zero-order valence-electron chi connectivity index (χ0n) is 18.2. The lowest BCUT2D eigenvalue weighted by Gasteiger charge is -2.33. The van der Waals surface area contributed by atoms with Crippen molar-refractivity contribution >= 4 is 17.3 Å². The van der Waals surface area contributed by atoms with Crippen LogP contribution in [0.3, 0.4) is 0 Å². The molecule has 174 valence electrons. The van der Waals surface area contributed by atoms with Crippen LogP contribution in [0.5, 0.6) is 0 Å². The first-order chi connectivity index (χ1) is 15.9. The Morgan fingerprint density at radius 1 is 1.06 bits per heavy atom. The summed E-state index contributed by atoms with van der Waals surface area (Å²) in [5, 5.41) is 10.2. The van der Waals surface area contributed by atoms with Crippen LogP contribution in [-0.2, 0) is 4.74 Å². The fraction of sp³-hybridized carbons (Fsp3) is 0.391. The number of ether oxygens (including phenoxy) is 1. The molecule has 2 heterocycles. The van der Waals surface area contributed by atoms with Gasteiger partial charge < -0.3 is 15.4 Å². The molecular formula is C23H25F3N6O. The number of anilines is 3. The molecule has 2 aliphatic rings. The highest BCUT2D eigenvalue weighted by Crippen LogP contribution is 2.29. The number of nitrogens with one attached hydrogen (secondary N) is 2. The Morgan fingerprint density at radius 2 is 1.82 bits per heavy atom. The van der Waals surface area contributed by atoms with Crippen LogP contribution in [0, 0.1) is 24.4 Å². The average Bonchev–Trinajstić information content (AvgIpc) is 3.53. The lowest BCUT2D eigenvalue weighted by Crippen LogP contribution is -2.46. The molecule has 0 amide bonds. The summed E-state index contributed by atoms with van der Waals surface area (Å²) in [7, 11) is 0. The summed E-state index contributed by atoms with van der Waals surface area (Å²) in [6.45, 7) is 4.86. The zero-order chi connectivity index (χ0) is 22.9. The number of benzene rings is 2. The van der Waals surface area contributed by atoms with Crippen molar-refractivity contribution in [2.24, 2.45) is 0 Å². The van der Waals surface area contributed by atoms with E-state index in [2.05, 4.69) is 25.6 Å². The monoisotopic (exact) mass is 458 g/mol. The molecule has 33 heavy (non-hydrogen) atoms. The molecule has 0 bridgehead atoms. The van der Waals surface area contributed by atoms with E-state index < -0.39 is 17.5 Å². The minimum atomic E-state index is -0.724. The molecule has 1 saturated carbocycles. The van der Waals surface area contributed by atoms with Crippen LogP contribution in [0.15, 0.2) is 36.7 Å². The molecule has 1 aliphatic carbocycles. The first-order valence-electron chi connectivity index (χ1n) is 11.0. The Labute approximate surface area is 189 Å². The Balaban J connectivity index is 1.28. The topological polar surface area (TPSA) is 67.2 Å². The van der Waals surface area contributed by atoms with Crippen LogP contribution < -0.4 is 10.6 Å². The van der Waals surface area contributed by atoms with Gasteiger partial charge in [-0.1, -0.05) is 0 Å². The third-order valence-electron chi connectivity index (χ3n) is 5.82. The number of rotatable bonds is 7. The second kappa shape index (κ2) is 9.03. The van der Waals surface area contributed by atoms with Gasteiger partial charge in [-0.15, -0.1) is 5.10 Å². The third-order valence-corrected chi connectivity index (χ3v) is 5.82. The lowest BCUT2D eigenvalue weighted by molar-refractivity contribution is -0.0241. The van der Waals surface area contributed by atoms with Crippen LogP contribution in [0.25, 0.3) is 5.69 Å². The van der Waals surface area contributed by atoms with E-state index in [1.54, 1.807) is 12.1 Å². The number of halogens is 3. The van der Waals surface area contributed by atoms with Gasteiger partial charge in [-0.2, -0.15) is 4.98 Å². The van der Waals surface area contributed by atoms with E-state index in [9.17, 15) is 8.78 Å². The molecule has 2 aromatic carbocycles. The van der Waals surface area contributed by atoms with Gasteiger partial charge in [-0.3, -0.25) is 4.90 Å². The second-order valence-corrected chi connectivity index (χ2v) is 8.54. The summed E-state index contributed by atoms with van der Waals surface area (Å²) in [4.78, 5) is 6.53. The predicted molar refractivity (Wildman–Crippen MR) is 119 cm³/mol. The minimum Gasteiger partial charge on any atom is -0.380 e. The fourth-order valence-corrected chi connectivity index (χ4v) is 4.09. The van der Waals surface area contributed by atoms with Crippen molar-refractivity contribution < 1.29 is 17.9 Å². The molecule has 1 saturated heterocycles. The standard InChI is InChI=1S/C23H25F3N6O/c1-14-6-20(27-11-19-12-31(4-5-33-19)17-2-3-17)22(26)21(7-14)29-23-28-13-32(30-23)18-9-15(24)8-16(25)10-18/h6-10,13,17,19,27H,2-5,11-12H2,1H3,(H,29,30). The predicted octanol–water partition coefficient (Wildman–Crippen LogP) is 4.01. The van der Waals surface area contributed by atoms with Gasteiger partial charge in [0.25, 0.3) is 0 Å². The number of morpholine rings is 1. The van der Waals surface area contributed by atoms with Gasteiger partial charge in [-0.25, -0.2) is 17.9 Å². The van der Waals surface area contributed by atoms with Crippen molar-refractivity contribution in [2.75, 3.05) is 36.9 Å². The van der Waals surface area contributed by atoms with Crippen LogP contribution in [-0.4, -0.2) is 58.1 Å². The fourth-order valence-electron chi connectivity index (χ4n) is 4.09. The van der Waals surface area contributed by atoms with E-state index in [1.165, 1.54) is 23.9 Å². The first-order valence-corrected chi connectivity index (χ1v) is 11.0. The van der Waals surface area contributed by atoms with E-state index in [0.717, 1.165) is 36.9 Å². The number of hydrogen-bond donors (Lipinski definition) is 2.